The number of nitro groups is 1. The third-order valence-corrected chi connectivity index (χ3v) is 4.83. The summed E-state index contributed by atoms with van der Waals surface area (Å²) in [5, 5.41) is 10.9. The summed E-state index contributed by atoms with van der Waals surface area (Å²) in [4.78, 5) is 9.40. The summed E-state index contributed by atoms with van der Waals surface area (Å²) in [5.74, 6) is 0. The van der Waals surface area contributed by atoms with Crippen LogP contribution >= 0.6 is 0 Å². The molecule has 0 N–H and O–H groups in total. The molecule has 8 heteroatoms. The monoisotopic (exact) mass is 324 g/mol. The minimum absolute atomic E-state index is 0.356. The fraction of sp³-hybridized carbons (Fsp3) is 0.143. The van der Waals surface area contributed by atoms with Gasteiger partial charge in [-0.05, 0) is 23.1 Å². The van der Waals surface area contributed by atoms with Gasteiger partial charge in [-0.3, -0.25) is 10.1 Å². The lowest BCUT2D eigenvalue weighted by Crippen LogP contribution is -2.26. The molecule has 0 unspecified atom stereocenters. The normalized spacial score (nSPS) is 13.0. The Hall–Kier alpha value is -2.32. The highest BCUT2D eigenvalue weighted by molar-refractivity contribution is 7.89. The maximum atomic E-state index is 14.4. The van der Waals surface area contributed by atoms with Crippen LogP contribution in [0.2, 0.25) is 0 Å². The van der Waals surface area contributed by atoms with Crippen molar-refractivity contribution >= 4 is 15.7 Å². The van der Waals surface area contributed by atoms with E-state index in [4.69, 9.17) is 0 Å². The van der Waals surface area contributed by atoms with Crippen molar-refractivity contribution in [3.8, 4) is 0 Å². The van der Waals surface area contributed by atoms with E-state index < -0.39 is 31.6 Å². The summed E-state index contributed by atoms with van der Waals surface area (Å²) in [5.41, 5.74) is -0.224. The molecule has 116 valence electrons. The number of rotatable bonds is 5. The van der Waals surface area contributed by atoms with Crippen LogP contribution in [0.5, 0.6) is 0 Å². The summed E-state index contributed by atoms with van der Waals surface area (Å²) in [7, 11) is -4.64. The van der Waals surface area contributed by atoms with Gasteiger partial charge in [-0.25, -0.2) is 8.42 Å². The van der Waals surface area contributed by atoms with E-state index in [1.807, 2.05) is 0 Å². The predicted octanol–water partition coefficient (Wildman–Crippen LogP) is 3.23. The fourth-order valence-electron chi connectivity index (χ4n) is 1.98. The van der Waals surface area contributed by atoms with Crippen molar-refractivity contribution in [1.29, 1.82) is 0 Å². The van der Waals surface area contributed by atoms with Crippen molar-refractivity contribution in [3.63, 3.8) is 0 Å². The molecule has 0 amide bonds. The highest BCUT2D eigenvalue weighted by atomic mass is 32.2. The van der Waals surface area contributed by atoms with Crippen LogP contribution in [0, 0.1) is 10.1 Å². The highest BCUT2D eigenvalue weighted by Gasteiger charge is 2.35. The Kier molecular flexibility index (Phi) is 4.53. The summed E-state index contributed by atoms with van der Waals surface area (Å²) >= 11 is 0. The highest BCUT2D eigenvalue weighted by Crippen LogP contribution is 2.32. The van der Waals surface area contributed by atoms with E-state index in [1.165, 1.54) is 19.1 Å². The van der Waals surface area contributed by atoms with Gasteiger partial charge in [-0.2, -0.15) is 0 Å². The number of halogens is 1. The lowest BCUT2D eigenvalue weighted by atomic mass is 10.1. The standard InChI is InChI=1S/C14H13FN2O4S/c1-11(12-7-3-2-4-8-12)16(15)22(20,21)14-10-6-5-9-13(14)17(18)19/h2-11H,1H3/t11-/m0/s1. The minimum Gasteiger partial charge on any atom is -0.258 e. The number of nitrogens with zero attached hydrogens (tertiary/aromatic N) is 2. The summed E-state index contributed by atoms with van der Waals surface area (Å²) < 4.78 is 38.7. The van der Waals surface area contributed by atoms with Crippen LogP contribution in [-0.4, -0.2) is 17.9 Å². The van der Waals surface area contributed by atoms with Crippen LogP contribution in [0.15, 0.2) is 59.5 Å². The first-order chi connectivity index (χ1) is 10.4. The summed E-state index contributed by atoms with van der Waals surface area (Å²) in [6.45, 7) is 1.36. The van der Waals surface area contributed by atoms with E-state index in [1.54, 1.807) is 30.3 Å². The maximum absolute atomic E-state index is 14.4. The Morgan fingerprint density at radius 3 is 2.23 bits per heavy atom. The van der Waals surface area contributed by atoms with Gasteiger partial charge in [-0.15, -0.1) is 4.48 Å². The van der Waals surface area contributed by atoms with Crippen molar-refractivity contribution in [2.75, 3.05) is 0 Å². The smallest absolute Gasteiger partial charge is 0.258 e. The van der Waals surface area contributed by atoms with E-state index in [-0.39, 0.29) is 4.53 Å². The van der Waals surface area contributed by atoms with Crippen molar-refractivity contribution in [3.05, 3.63) is 70.3 Å². The second-order valence-corrected chi connectivity index (χ2v) is 6.30. The number of hydrogen-bond donors (Lipinski definition) is 0. The molecule has 2 rings (SSSR count). The van der Waals surface area contributed by atoms with Gasteiger partial charge in [0.15, 0.2) is 4.90 Å². The molecule has 22 heavy (non-hydrogen) atoms. The zero-order chi connectivity index (χ0) is 16.3. The summed E-state index contributed by atoms with van der Waals surface area (Å²) in [6, 6.07) is 11.7. The first-order valence-corrected chi connectivity index (χ1v) is 7.78. The van der Waals surface area contributed by atoms with Crippen LogP contribution in [0.3, 0.4) is 0 Å². The molecular weight excluding hydrogens is 311 g/mol. The van der Waals surface area contributed by atoms with Crippen LogP contribution < -0.4 is 0 Å². The van der Waals surface area contributed by atoms with Gasteiger partial charge in [0, 0.05) is 6.07 Å². The van der Waals surface area contributed by atoms with Crippen molar-refractivity contribution in [1.82, 2.24) is 4.53 Å². The summed E-state index contributed by atoms with van der Waals surface area (Å²) in [6.07, 6.45) is 0. The second kappa shape index (κ2) is 6.20. The lowest BCUT2D eigenvalue weighted by Gasteiger charge is -2.19. The molecule has 0 aliphatic rings. The van der Waals surface area contributed by atoms with Gasteiger partial charge < -0.3 is 0 Å². The first kappa shape index (κ1) is 16.1. The molecule has 0 saturated carbocycles. The maximum Gasteiger partial charge on any atom is 0.289 e. The van der Waals surface area contributed by atoms with Gasteiger partial charge >= 0.3 is 0 Å². The molecule has 6 nitrogen and oxygen atoms in total. The van der Waals surface area contributed by atoms with E-state index in [0.29, 0.717) is 5.56 Å². The van der Waals surface area contributed by atoms with Crippen LogP contribution in [0.25, 0.3) is 0 Å². The minimum atomic E-state index is -4.64. The average Bonchev–Trinajstić information content (AvgIpc) is 2.54. The molecule has 2 aromatic rings. The van der Waals surface area contributed by atoms with Crippen LogP contribution in [0.4, 0.5) is 10.2 Å². The molecular formula is C14H13FN2O4S. The van der Waals surface area contributed by atoms with E-state index in [9.17, 15) is 23.0 Å². The predicted molar refractivity (Wildman–Crippen MR) is 78.1 cm³/mol. The first-order valence-electron chi connectivity index (χ1n) is 6.34. The third-order valence-electron chi connectivity index (χ3n) is 3.16. The van der Waals surface area contributed by atoms with E-state index >= 15 is 0 Å². The molecule has 0 fully saturated rings. The van der Waals surface area contributed by atoms with E-state index in [0.717, 1.165) is 12.1 Å². The van der Waals surface area contributed by atoms with Crippen molar-refractivity contribution in [2.45, 2.75) is 17.9 Å². The zero-order valence-electron chi connectivity index (χ0n) is 11.6. The van der Waals surface area contributed by atoms with Crippen LogP contribution in [-0.2, 0) is 10.0 Å². The molecule has 0 aliphatic heterocycles. The Labute approximate surface area is 126 Å². The van der Waals surface area contributed by atoms with Crippen molar-refractivity contribution in [2.24, 2.45) is 0 Å². The molecule has 0 aromatic heterocycles. The number of sulfonamides is 1. The molecule has 2 aromatic carbocycles. The van der Waals surface area contributed by atoms with Gasteiger partial charge in [0.1, 0.15) is 0 Å². The molecule has 0 radical (unpaired) electrons. The molecule has 0 spiro atoms. The van der Waals surface area contributed by atoms with Gasteiger partial charge in [-0.1, -0.05) is 42.5 Å². The Bertz CT molecular complexity index is 780. The van der Waals surface area contributed by atoms with Gasteiger partial charge in [0.05, 0.1) is 11.0 Å². The SMILES string of the molecule is C[C@@H](c1ccccc1)N(F)S(=O)(=O)c1ccccc1[N+](=O)[O-]. The third kappa shape index (κ3) is 2.97. The largest absolute Gasteiger partial charge is 0.289 e. The average molecular weight is 324 g/mol. The zero-order valence-corrected chi connectivity index (χ0v) is 12.4. The van der Waals surface area contributed by atoms with Crippen molar-refractivity contribution < 1.29 is 17.8 Å². The quantitative estimate of drug-likeness (QED) is 0.480. The van der Waals surface area contributed by atoms with Crippen LogP contribution in [0.1, 0.15) is 18.5 Å². The number of nitro benzene ring substituents is 1. The number of benzene rings is 2. The lowest BCUT2D eigenvalue weighted by molar-refractivity contribution is -0.387. The molecule has 0 aliphatic carbocycles. The Balaban J connectivity index is 2.45. The molecule has 0 bridgehead atoms. The molecule has 0 heterocycles. The number of para-hydroxylation sites is 1. The molecule has 0 saturated heterocycles. The Morgan fingerprint density at radius 1 is 1.09 bits per heavy atom. The Morgan fingerprint density at radius 2 is 1.64 bits per heavy atom. The fourth-order valence-corrected chi connectivity index (χ4v) is 3.36. The molecule has 1 atom stereocenters. The van der Waals surface area contributed by atoms with Gasteiger partial charge in [0.2, 0.25) is 0 Å². The second-order valence-electron chi connectivity index (χ2n) is 4.56. The topological polar surface area (TPSA) is 80.5 Å². The van der Waals surface area contributed by atoms with Gasteiger partial charge in [0.25, 0.3) is 15.7 Å². The number of hydrogen-bond acceptors (Lipinski definition) is 4. The van der Waals surface area contributed by atoms with E-state index in [2.05, 4.69) is 0 Å².